The van der Waals surface area contributed by atoms with Gasteiger partial charge in [-0.15, -0.1) is 10.2 Å². The second-order valence-electron chi connectivity index (χ2n) is 7.82. The topological polar surface area (TPSA) is 63.0 Å². The van der Waals surface area contributed by atoms with E-state index in [-0.39, 0.29) is 5.91 Å². The fourth-order valence-corrected chi connectivity index (χ4v) is 4.29. The van der Waals surface area contributed by atoms with Gasteiger partial charge in [-0.1, -0.05) is 30.3 Å². The lowest BCUT2D eigenvalue weighted by atomic mass is 10.1. The SMILES string of the molecule is O=C(c1ccc2nnc([C@H]3CCN(Cc4ccccc4)C3)n2c1)N1CCOCC1. The molecular weight excluding hydrogens is 366 g/mol. The lowest BCUT2D eigenvalue weighted by molar-refractivity contribution is 0.0302. The quantitative estimate of drug-likeness (QED) is 0.682. The molecule has 1 aromatic carbocycles. The zero-order valence-corrected chi connectivity index (χ0v) is 16.4. The molecule has 5 rings (SSSR count). The summed E-state index contributed by atoms with van der Waals surface area (Å²) in [6.07, 6.45) is 2.96. The number of pyridine rings is 1. The molecule has 0 radical (unpaired) electrons. The lowest BCUT2D eigenvalue weighted by Gasteiger charge is -2.26. The van der Waals surface area contributed by atoms with Crippen LogP contribution < -0.4 is 0 Å². The number of hydrogen-bond donors (Lipinski definition) is 0. The third-order valence-electron chi connectivity index (χ3n) is 5.86. The fourth-order valence-electron chi connectivity index (χ4n) is 4.29. The van der Waals surface area contributed by atoms with E-state index in [1.165, 1.54) is 5.56 Å². The Labute approximate surface area is 169 Å². The van der Waals surface area contributed by atoms with Gasteiger partial charge < -0.3 is 9.64 Å². The van der Waals surface area contributed by atoms with Crippen LogP contribution in [0, 0.1) is 0 Å². The normalized spacial score (nSPS) is 20.4. The average molecular weight is 391 g/mol. The number of rotatable bonds is 4. The molecule has 2 fully saturated rings. The minimum absolute atomic E-state index is 0.0481. The Morgan fingerprint density at radius 2 is 1.86 bits per heavy atom. The Morgan fingerprint density at radius 3 is 2.69 bits per heavy atom. The van der Waals surface area contributed by atoms with E-state index in [2.05, 4.69) is 45.4 Å². The van der Waals surface area contributed by atoms with Crippen molar-refractivity contribution >= 4 is 11.6 Å². The van der Waals surface area contributed by atoms with Crippen molar-refractivity contribution in [3.63, 3.8) is 0 Å². The van der Waals surface area contributed by atoms with Crippen LogP contribution in [0.3, 0.4) is 0 Å². The van der Waals surface area contributed by atoms with Crippen molar-refractivity contribution in [3.8, 4) is 0 Å². The van der Waals surface area contributed by atoms with Gasteiger partial charge in [0.15, 0.2) is 5.65 Å². The van der Waals surface area contributed by atoms with Gasteiger partial charge in [0.2, 0.25) is 0 Å². The summed E-state index contributed by atoms with van der Waals surface area (Å²) in [5.74, 6) is 1.32. The average Bonchev–Trinajstić information content (AvgIpc) is 3.41. The van der Waals surface area contributed by atoms with E-state index in [1.807, 2.05) is 27.6 Å². The maximum absolute atomic E-state index is 12.9. The Bertz CT molecular complexity index is 997. The van der Waals surface area contributed by atoms with Crippen LogP contribution in [0.4, 0.5) is 0 Å². The Kier molecular flexibility index (Phi) is 4.99. The van der Waals surface area contributed by atoms with Gasteiger partial charge in [-0.2, -0.15) is 0 Å². The van der Waals surface area contributed by atoms with E-state index in [9.17, 15) is 4.79 Å². The predicted octanol–water partition coefficient (Wildman–Crippen LogP) is 2.19. The minimum atomic E-state index is 0.0481. The van der Waals surface area contributed by atoms with Crippen molar-refractivity contribution in [2.24, 2.45) is 0 Å². The largest absolute Gasteiger partial charge is 0.378 e. The summed E-state index contributed by atoms with van der Waals surface area (Å²) in [7, 11) is 0. The number of benzene rings is 1. The molecule has 2 aliphatic rings. The highest BCUT2D eigenvalue weighted by Crippen LogP contribution is 2.27. The third kappa shape index (κ3) is 3.75. The predicted molar refractivity (Wildman–Crippen MR) is 109 cm³/mol. The van der Waals surface area contributed by atoms with Crippen molar-refractivity contribution in [2.45, 2.75) is 18.9 Å². The number of fused-ring (bicyclic) bond motifs is 1. The first-order valence-electron chi connectivity index (χ1n) is 10.3. The van der Waals surface area contributed by atoms with E-state index >= 15 is 0 Å². The molecule has 0 saturated carbocycles. The van der Waals surface area contributed by atoms with E-state index in [0.29, 0.717) is 37.8 Å². The molecule has 0 aliphatic carbocycles. The van der Waals surface area contributed by atoms with Gasteiger partial charge in [-0.3, -0.25) is 14.1 Å². The molecule has 7 heteroatoms. The van der Waals surface area contributed by atoms with Crippen LogP contribution >= 0.6 is 0 Å². The smallest absolute Gasteiger partial charge is 0.255 e. The second kappa shape index (κ2) is 7.93. The van der Waals surface area contributed by atoms with Crippen LogP contribution in [0.15, 0.2) is 48.7 Å². The molecule has 2 aromatic heterocycles. The molecule has 2 saturated heterocycles. The van der Waals surface area contributed by atoms with Crippen molar-refractivity contribution in [1.82, 2.24) is 24.4 Å². The van der Waals surface area contributed by atoms with E-state index in [1.54, 1.807) is 0 Å². The first-order chi connectivity index (χ1) is 14.3. The van der Waals surface area contributed by atoms with E-state index in [4.69, 9.17) is 4.74 Å². The standard InChI is InChI=1S/C22H25N5O2/c28-22(26-10-12-29-13-11-26)19-6-7-20-23-24-21(27(20)16-19)18-8-9-25(15-18)14-17-4-2-1-3-5-17/h1-7,16,18H,8-15H2/t18-/m0/s1. The highest BCUT2D eigenvalue weighted by Gasteiger charge is 2.28. The maximum Gasteiger partial charge on any atom is 0.255 e. The molecule has 0 bridgehead atoms. The second-order valence-corrected chi connectivity index (χ2v) is 7.82. The molecule has 2 aliphatic heterocycles. The first-order valence-corrected chi connectivity index (χ1v) is 10.3. The van der Waals surface area contributed by atoms with Gasteiger partial charge >= 0.3 is 0 Å². The van der Waals surface area contributed by atoms with E-state index in [0.717, 1.165) is 37.5 Å². The van der Waals surface area contributed by atoms with Crippen molar-refractivity contribution < 1.29 is 9.53 Å². The van der Waals surface area contributed by atoms with Crippen LogP contribution in [0.5, 0.6) is 0 Å². The zero-order valence-electron chi connectivity index (χ0n) is 16.4. The van der Waals surface area contributed by atoms with Crippen LogP contribution in [0.25, 0.3) is 5.65 Å². The molecule has 1 atom stereocenters. The Morgan fingerprint density at radius 1 is 1.03 bits per heavy atom. The highest BCUT2D eigenvalue weighted by atomic mass is 16.5. The first kappa shape index (κ1) is 18.3. The third-order valence-corrected chi connectivity index (χ3v) is 5.86. The van der Waals surface area contributed by atoms with Gasteiger partial charge in [-0.05, 0) is 30.7 Å². The van der Waals surface area contributed by atoms with Crippen LogP contribution in [0.1, 0.15) is 34.1 Å². The lowest BCUT2D eigenvalue weighted by Crippen LogP contribution is -2.40. The summed E-state index contributed by atoms with van der Waals surface area (Å²) in [5, 5.41) is 8.81. The van der Waals surface area contributed by atoms with Crippen LogP contribution in [-0.4, -0.2) is 69.7 Å². The van der Waals surface area contributed by atoms with Gasteiger partial charge in [0.1, 0.15) is 5.82 Å². The van der Waals surface area contributed by atoms with Crippen molar-refractivity contribution in [2.75, 3.05) is 39.4 Å². The number of carbonyl (C=O) groups excluding carboxylic acids is 1. The molecule has 7 nitrogen and oxygen atoms in total. The monoisotopic (exact) mass is 391 g/mol. The van der Waals surface area contributed by atoms with Gasteiger partial charge in [-0.25, -0.2) is 0 Å². The van der Waals surface area contributed by atoms with Crippen LogP contribution in [-0.2, 0) is 11.3 Å². The van der Waals surface area contributed by atoms with E-state index < -0.39 is 0 Å². The summed E-state index contributed by atoms with van der Waals surface area (Å²) in [6, 6.07) is 14.3. The number of hydrogen-bond acceptors (Lipinski definition) is 5. The van der Waals surface area contributed by atoms with Gasteiger partial charge in [0, 0.05) is 38.3 Å². The highest BCUT2D eigenvalue weighted by molar-refractivity contribution is 5.94. The molecule has 29 heavy (non-hydrogen) atoms. The van der Waals surface area contributed by atoms with Crippen molar-refractivity contribution in [1.29, 1.82) is 0 Å². The van der Waals surface area contributed by atoms with Gasteiger partial charge in [0.25, 0.3) is 5.91 Å². The molecule has 0 unspecified atom stereocenters. The number of likely N-dealkylation sites (tertiary alicyclic amines) is 1. The van der Waals surface area contributed by atoms with Gasteiger partial charge in [0.05, 0.1) is 18.8 Å². The maximum atomic E-state index is 12.9. The minimum Gasteiger partial charge on any atom is -0.378 e. The number of ether oxygens (including phenoxy) is 1. The summed E-state index contributed by atoms with van der Waals surface area (Å²) in [5.41, 5.74) is 2.80. The number of morpholine rings is 1. The molecule has 1 amide bonds. The summed E-state index contributed by atoms with van der Waals surface area (Å²) >= 11 is 0. The van der Waals surface area contributed by atoms with Crippen molar-refractivity contribution in [3.05, 3.63) is 65.6 Å². The van der Waals surface area contributed by atoms with Crippen LogP contribution in [0.2, 0.25) is 0 Å². The number of amides is 1. The number of nitrogens with zero attached hydrogens (tertiary/aromatic N) is 5. The number of carbonyl (C=O) groups is 1. The summed E-state index contributed by atoms with van der Waals surface area (Å²) in [6.45, 7) is 5.44. The molecule has 0 spiro atoms. The summed E-state index contributed by atoms with van der Waals surface area (Å²) < 4.78 is 7.36. The Hall–Kier alpha value is -2.77. The summed E-state index contributed by atoms with van der Waals surface area (Å²) in [4.78, 5) is 17.2. The fraction of sp³-hybridized carbons (Fsp3) is 0.409. The zero-order chi connectivity index (χ0) is 19.6. The molecule has 4 heterocycles. The molecule has 0 N–H and O–H groups in total. The molecule has 3 aromatic rings. The Balaban J connectivity index is 1.34. The molecule has 150 valence electrons. The number of aromatic nitrogens is 3. The molecular formula is C22H25N5O2.